The fourth-order valence-corrected chi connectivity index (χ4v) is 3.25. The van der Waals surface area contributed by atoms with E-state index in [4.69, 9.17) is 0 Å². The number of nitrogens with zero attached hydrogens (tertiary/aromatic N) is 7. The molecule has 3 aromatic heterocycles. The van der Waals surface area contributed by atoms with Crippen molar-refractivity contribution in [3.63, 3.8) is 0 Å². The number of thioether (sulfide) groups is 1. The SMILES string of the molecule is CCN(CC)CCSc1cc(-n2[nH]cc(-n3ccnn3)c2=O)ncn1. The fourth-order valence-electron chi connectivity index (χ4n) is 2.38. The zero-order chi connectivity index (χ0) is 17.6. The molecule has 3 heterocycles. The van der Waals surface area contributed by atoms with Gasteiger partial charge in [-0.15, -0.1) is 16.9 Å². The first-order valence-electron chi connectivity index (χ1n) is 8.07. The van der Waals surface area contributed by atoms with Gasteiger partial charge in [0.25, 0.3) is 5.56 Å². The van der Waals surface area contributed by atoms with E-state index in [-0.39, 0.29) is 5.56 Å². The molecule has 0 fully saturated rings. The third kappa shape index (κ3) is 3.97. The highest BCUT2D eigenvalue weighted by Gasteiger charge is 2.12. The molecule has 3 aromatic rings. The maximum atomic E-state index is 12.5. The van der Waals surface area contributed by atoms with Crippen molar-refractivity contribution in [1.82, 2.24) is 39.6 Å². The van der Waals surface area contributed by atoms with Gasteiger partial charge >= 0.3 is 0 Å². The molecule has 0 aliphatic rings. The molecular weight excluding hydrogens is 340 g/mol. The summed E-state index contributed by atoms with van der Waals surface area (Å²) in [6.07, 6.45) is 6.18. The van der Waals surface area contributed by atoms with Gasteiger partial charge in [0.2, 0.25) is 0 Å². The molecule has 0 spiro atoms. The highest BCUT2D eigenvalue weighted by molar-refractivity contribution is 7.99. The molecule has 0 bridgehead atoms. The van der Waals surface area contributed by atoms with Crippen LogP contribution in [0.4, 0.5) is 0 Å². The topological polar surface area (TPSA) is 97.5 Å². The van der Waals surface area contributed by atoms with E-state index in [1.165, 1.54) is 21.9 Å². The summed E-state index contributed by atoms with van der Waals surface area (Å²) in [5.74, 6) is 1.43. The van der Waals surface area contributed by atoms with Crippen LogP contribution in [0.15, 0.2) is 40.8 Å². The Morgan fingerprint density at radius 1 is 1.28 bits per heavy atom. The summed E-state index contributed by atoms with van der Waals surface area (Å²) in [5, 5.41) is 11.3. The van der Waals surface area contributed by atoms with Gasteiger partial charge < -0.3 is 4.90 Å². The van der Waals surface area contributed by atoms with E-state index in [1.54, 1.807) is 30.2 Å². The number of aromatic nitrogens is 7. The van der Waals surface area contributed by atoms with Gasteiger partial charge in [0.1, 0.15) is 11.4 Å². The zero-order valence-electron chi connectivity index (χ0n) is 14.2. The van der Waals surface area contributed by atoms with Crippen LogP contribution in [-0.2, 0) is 0 Å². The second kappa shape index (κ2) is 8.08. The van der Waals surface area contributed by atoms with Gasteiger partial charge in [-0.1, -0.05) is 19.1 Å². The van der Waals surface area contributed by atoms with Crippen molar-refractivity contribution < 1.29 is 0 Å². The minimum absolute atomic E-state index is 0.247. The Morgan fingerprint density at radius 2 is 2.12 bits per heavy atom. The number of H-pyrrole nitrogens is 1. The molecule has 132 valence electrons. The molecule has 0 aliphatic carbocycles. The Bertz CT molecular complexity index is 853. The van der Waals surface area contributed by atoms with Gasteiger partial charge in [0.15, 0.2) is 11.5 Å². The number of aromatic amines is 1. The van der Waals surface area contributed by atoms with Gasteiger partial charge in [0, 0.05) is 18.4 Å². The summed E-state index contributed by atoms with van der Waals surface area (Å²) < 4.78 is 2.78. The smallest absolute Gasteiger partial charge is 0.298 e. The van der Waals surface area contributed by atoms with E-state index in [1.807, 2.05) is 0 Å². The molecule has 10 heteroatoms. The molecule has 1 N–H and O–H groups in total. The minimum Gasteiger partial charge on any atom is -0.303 e. The van der Waals surface area contributed by atoms with Crippen molar-refractivity contribution in [2.24, 2.45) is 0 Å². The summed E-state index contributed by atoms with van der Waals surface area (Å²) in [7, 11) is 0. The first kappa shape index (κ1) is 17.4. The van der Waals surface area contributed by atoms with Crippen molar-refractivity contribution in [3.8, 4) is 11.5 Å². The van der Waals surface area contributed by atoms with E-state index in [0.29, 0.717) is 11.5 Å². The van der Waals surface area contributed by atoms with E-state index in [2.05, 4.69) is 44.1 Å². The molecule has 3 rings (SSSR count). The second-order valence-electron chi connectivity index (χ2n) is 5.24. The van der Waals surface area contributed by atoms with Crippen molar-refractivity contribution in [2.45, 2.75) is 18.9 Å². The molecule has 9 nitrogen and oxygen atoms in total. The molecule has 0 radical (unpaired) electrons. The quantitative estimate of drug-likeness (QED) is 0.472. The predicted molar refractivity (Wildman–Crippen MR) is 95.4 cm³/mol. The lowest BCUT2D eigenvalue weighted by atomic mass is 10.5. The lowest BCUT2D eigenvalue weighted by Crippen LogP contribution is -2.25. The normalized spacial score (nSPS) is 11.3. The van der Waals surface area contributed by atoms with Gasteiger partial charge in [-0.2, -0.15) is 4.68 Å². The summed E-state index contributed by atoms with van der Waals surface area (Å²) in [6.45, 7) is 7.38. The highest BCUT2D eigenvalue weighted by Crippen LogP contribution is 2.16. The van der Waals surface area contributed by atoms with Crippen molar-refractivity contribution in [1.29, 1.82) is 0 Å². The fraction of sp³-hybridized carbons (Fsp3) is 0.400. The maximum absolute atomic E-state index is 12.5. The van der Waals surface area contributed by atoms with Crippen LogP contribution in [0.5, 0.6) is 0 Å². The average molecular weight is 360 g/mol. The number of hydrogen-bond acceptors (Lipinski definition) is 7. The van der Waals surface area contributed by atoms with Crippen LogP contribution in [0.25, 0.3) is 11.5 Å². The van der Waals surface area contributed by atoms with E-state index < -0.39 is 0 Å². The summed E-state index contributed by atoms with van der Waals surface area (Å²) in [5.41, 5.74) is 0.134. The number of nitrogens with one attached hydrogen (secondary N) is 1. The maximum Gasteiger partial charge on any atom is 0.298 e. The lowest BCUT2D eigenvalue weighted by Gasteiger charge is -2.17. The van der Waals surface area contributed by atoms with Crippen LogP contribution in [0.3, 0.4) is 0 Å². The molecule has 0 aromatic carbocycles. The standard InChI is InChI=1S/C15H20N8OS/c1-3-21(4-2)7-8-25-14-9-13(16-11-17-14)23-15(24)12(10-19-23)22-6-5-18-20-22/h5-6,9-11,19H,3-4,7-8H2,1-2H3. The van der Waals surface area contributed by atoms with Crippen LogP contribution in [0, 0.1) is 0 Å². The summed E-state index contributed by atoms with van der Waals surface area (Å²) in [6, 6.07) is 1.80. The Hall–Kier alpha value is -2.46. The molecule has 0 amide bonds. The first-order valence-corrected chi connectivity index (χ1v) is 9.06. The van der Waals surface area contributed by atoms with Crippen molar-refractivity contribution >= 4 is 11.8 Å². The van der Waals surface area contributed by atoms with Crippen LogP contribution in [-0.4, -0.2) is 65.0 Å². The minimum atomic E-state index is -0.247. The Labute approximate surface area is 149 Å². The van der Waals surface area contributed by atoms with E-state index >= 15 is 0 Å². The number of rotatable bonds is 8. The van der Waals surface area contributed by atoms with Crippen LogP contribution in [0.2, 0.25) is 0 Å². The van der Waals surface area contributed by atoms with E-state index in [9.17, 15) is 4.79 Å². The Morgan fingerprint density at radius 3 is 2.84 bits per heavy atom. The molecule has 0 aliphatic heterocycles. The van der Waals surface area contributed by atoms with Crippen molar-refractivity contribution in [3.05, 3.63) is 41.3 Å². The lowest BCUT2D eigenvalue weighted by molar-refractivity contribution is 0.324. The Kier molecular flexibility index (Phi) is 5.61. The summed E-state index contributed by atoms with van der Waals surface area (Å²) >= 11 is 1.65. The van der Waals surface area contributed by atoms with Crippen LogP contribution < -0.4 is 5.56 Å². The van der Waals surface area contributed by atoms with E-state index in [0.717, 1.165) is 30.4 Å². The Balaban J connectivity index is 1.75. The third-order valence-electron chi connectivity index (χ3n) is 3.83. The first-order chi connectivity index (χ1) is 12.2. The molecular formula is C15H20N8OS. The van der Waals surface area contributed by atoms with Gasteiger partial charge in [-0.25, -0.2) is 14.6 Å². The molecule has 0 atom stereocenters. The monoisotopic (exact) mass is 360 g/mol. The zero-order valence-corrected chi connectivity index (χ0v) is 15.0. The largest absolute Gasteiger partial charge is 0.303 e. The molecule has 0 saturated carbocycles. The second-order valence-corrected chi connectivity index (χ2v) is 6.35. The highest BCUT2D eigenvalue weighted by atomic mass is 32.2. The van der Waals surface area contributed by atoms with Gasteiger partial charge in [-0.05, 0) is 13.1 Å². The molecule has 25 heavy (non-hydrogen) atoms. The average Bonchev–Trinajstić information content (AvgIpc) is 3.28. The van der Waals surface area contributed by atoms with Crippen LogP contribution >= 0.6 is 11.8 Å². The third-order valence-corrected chi connectivity index (χ3v) is 4.74. The molecule has 0 saturated heterocycles. The van der Waals surface area contributed by atoms with Gasteiger partial charge in [-0.3, -0.25) is 9.89 Å². The predicted octanol–water partition coefficient (Wildman–Crippen LogP) is 0.970. The van der Waals surface area contributed by atoms with Crippen molar-refractivity contribution in [2.75, 3.05) is 25.4 Å². The van der Waals surface area contributed by atoms with Crippen LogP contribution in [0.1, 0.15) is 13.8 Å². The molecule has 0 unspecified atom stereocenters. The number of hydrogen-bond donors (Lipinski definition) is 1. The van der Waals surface area contributed by atoms with Gasteiger partial charge in [0.05, 0.1) is 18.6 Å². The summed E-state index contributed by atoms with van der Waals surface area (Å²) in [4.78, 5) is 23.4.